The molecule has 1 aliphatic carbocycles. The minimum atomic E-state index is -2.14. The summed E-state index contributed by atoms with van der Waals surface area (Å²) in [5, 5.41) is 3.68. The Morgan fingerprint density at radius 1 is 0.645 bits per heavy atom. The van der Waals surface area contributed by atoms with Crippen molar-refractivity contribution in [3.63, 3.8) is 0 Å². The van der Waals surface area contributed by atoms with Gasteiger partial charge in [-0.05, 0) is 36.4 Å². The minimum absolute atomic E-state index is 0.131. The molecule has 0 aromatic heterocycles. The van der Waals surface area contributed by atoms with E-state index in [2.05, 4.69) is 72.8 Å². The lowest BCUT2D eigenvalue weighted by Gasteiger charge is -2.28. The summed E-state index contributed by atoms with van der Waals surface area (Å²) in [6, 6.07) is 31.3. The lowest BCUT2D eigenvalue weighted by Crippen LogP contribution is -2.34. The molecular weight excluding hydrogens is 407 g/mol. The molecule has 158 valence electrons. The van der Waals surface area contributed by atoms with Gasteiger partial charge in [0.1, 0.15) is 23.2 Å². The summed E-state index contributed by atoms with van der Waals surface area (Å²) in [5.74, 6) is -1.74. The Labute approximate surface area is 183 Å². The standard InChI is InChI=1S/C26H26O4P/c1-29-25(27)23-22(24(23)26(28)30-2)18-31(19-12-6-3-7-13-19,20-14-8-4-9-15-20)21-16-10-5-11-17-21/h3-17,22-24H,18H2,1-2H3/q+1/t23-,24-/m0/s1. The Balaban J connectivity index is 1.89. The molecule has 0 radical (unpaired) electrons. The molecule has 1 saturated carbocycles. The lowest BCUT2D eigenvalue weighted by atomic mass is 10.3. The Bertz CT molecular complexity index is 918. The van der Waals surface area contributed by atoms with Gasteiger partial charge in [-0.3, -0.25) is 9.59 Å². The van der Waals surface area contributed by atoms with Gasteiger partial charge >= 0.3 is 11.9 Å². The topological polar surface area (TPSA) is 52.6 Å². The molecule has 4 nitrogen and oxygen atoms in total. The van der Waals surface area contributed by atoms with Crippen molar-refractivity contribution in [1.29, 1.82) is 0 Å². The zero-order valence-electron chi connectivity index (χ0n) is 17.7. The van der Waals surface area contributed by atoms with E-state index in [1.165, 1.54) is 30.1 Å². The number of carbonyl (C=O) groups is 2. The van der Waals surface area contributed by atoms with Crippen LogP contribution in [-0.4, -0.2) is 32.3 Å². The van der Waals surface area contributed by atoms with Crippen LogP contribution >= 0.6 is 7.26 Å². The predicted molar refractivity (Wildman–Crippen MR) is 125 cm³/mol. The van der Waals surface area contributed by atoms with Crippen LogP contribution in [-0.2, 0) is 19.1 Å². The van der Waals surface area contributed by atoms with Gasteiger partial charge in [-0.1, -0.05) is 54.6 Å². The van der Waals surface area contributed by atoms with Crippen LogP contribution in [0.4, 0.5) is 0 Å². The third-order valence-corrected chi connectivity index (χ3v) is 10.7. The summed E-state index contributed by atoms with van der Waals surface area (Å²) in [5.41, 5.74) is 0. The maximum absolute atomic E-state index is 12.5. The molecular formula is C26H26O4P+. The first-order valence-corrected chi connectivity index (χ1v) is 12.3. The summed E-state index contributed by atoms with van der Waals surface area (Å²) in [6.07, 6.45) is 0.699. The number of methoxy groups -OCH3 is 2. The third-order valence-electron chi connectivity index (χ3n) is 6.19. The molecule has 1 aliphatic rings. The number of esters is 2. The van der Waals surface area contributed by atoms with Crippen molar-refractivity contribution in [2.24, 2.45) is 17.8 Å². The van der Waals surface area contributed by atoms with E-state index in [0.29, 0.717) is 6.16 Å². The molecule has 31 heavy (non-hydrogen) atoms. The van der Waals surface area contributed by atoms with Crippen LogP contribution < -0.4 is 15.9 Å². The van der Waals surface area contributed by atoms with Gasteiger partial charge < -0.3 is 9.47 Å². The maximum Gasteiger partial charge on any atom is 0.310 e. The zero-order valence-corrected chi connectivity index (χ0v) is 18.6. The van der Waals surface area contributed by atoms with E-state index >= 15 is 0 Å². The first-order valence-electron chi connectivity index (χ1n) is 10.3. The minimum Gasteiger partial charge on any atom is -0.469 e. The van der Waals surface area contributed by atoms with Crippen molar-refractivity contribution in [2.45, 2.75) is 0 Å². The molecule has 0 amide bonds. The molecule has 0 heterocycles. The van der Waals surface area contributed by atoms with Crippen molar-refractivity contribution < 1.29 is 19.1 Å². The van der Waals surface area contributed by atoms with E-state index in [-0.39, 0.29) is 17.9 Å². The molecule has 0 N–H and O–H groups in total. The number of rotatable bonds is 7. The van der Waals surface area contributed by atoms with Gasteiger partial charge in [0.15, 0.2) is 0 Å². The second-order valence-electron chi connectivity index (χ2n) is 7.76. The second-order valence-corrected chi connectivity index (χ2v) is 11.3. The highest BCUT2D eigenvalue weighted by molar-refractivity contribution is 7.95. The van der Waals surface area contributed by atoms with Gasteiger partial charge in [-0.2, -0.15) is 0 Å². The number of benzene rings is 3. The normalized spacial score (nSPS) is 20.0. The van der Waals surface area contributed by atoms with Gasteiger partial charge in [0.05, 0.1) is 32.2 Å². The Kier molecular flexibility index (Phi) is 6.20. The molecule has 0 saturated heterocycles. The fourth-order valence-corrected chi connectivity index (χ4v) is 9.30. The third kappa shape index (κ3) is 3.88. The molecule has 0 spiro atoms. The van der Waals surface area contributed by atoms with Crippen molar-refractivity contribution in [3.8, 4) is 0 Å². The average Bonchev–Trinajstić information content (AvgIpc) is 3.56. The predicted octanol–water partition coefficient (Wildman–Crippen LogP) is 3.19. The number of carbonyl (C=O) groups excluding carboxylic acids is 2. The molecule has 0 bridgehead atoms. The van der Waals surface area contributed by atoms with E-state index in [4.69, 9.17) is 9.47 Å². The first kappa shape index (κ1) is 21.3. The second kappa shape index (κ2) is 9.03. The van der Waals surface area contributed by atoms with Crippen LogP contribution in [0.2, 0.25) is 0 Å². The largest absolute Gasteiger partial charge is 0.469 e. The van der Waals surface area contributed by atoms with Gasteiger partial charge in [0.25, 0.3) is 0 Å². The molecule has 0 aliphatic heterocycles. The summed E-state index contributed by atoms with van der Waals surface area (Å²) in [7, 11) is 0.613. The van der Waals surface area contributed by atoms with Crippen LogP contribution in [0.3, 0.4) is 0 Å². The molecule has 0 unspecified atom stereocenters. The van der Waals surface area contributed by atoms with E-state index < -0.39 is 19.1 Å². The Morgan fingerprint density at radius 3 is 1.26 bits per heavy atom. The number of hydrogen-bond acceptors (Lipinski definition) is 4. The number of ether oxygens (including phenoxy) is 2. The zero-order chi connectivity index (χ0) is 21.8. The highest BCUT2D eigenvalue weighted by Gasteiger charge is 2.65. The average molecular weight is 433 g/mol. The lowest BCUT2D eigenvalue weighted by molar-refractivity contribution is -0.148. The molecule has 3 aromatic rings. The van der Waals surface area contributed by atoms with Gasteiger partial charge in [-0.25, -0.2) is 0 Å². The molecule has 1 fully saturated rings. The SMILES string of the molecule is COC(=O)[C@H]1C(C[P+](c2ccccc2)(c2ccccc2)c2ccccc2)[C@@H]1C(=O)OC. The highest BCUT2D eigenvalue weighted by Crippen LogP contribution is 2.63. The van der Waals surface area contributed by atoms with Gasteiger partial charge in [0.2, 0.25) is 0 Å². The summed E-state index contributed by atoms with van der Waals surface area (Å²) >= 11 is 0. The van der Waals surface area contributed by atoms with Crippen LogP contribution in [0, 0.1) is 17.8 Å². The Morgan fingerprint density at radius 2 is 0.968 bits per heavy atom. The fourth-order valence-electron chi connectivity index (χ4n) is 4.64. The van der Waals surface area contributed by atoms with E-state index in [9.17, 15) is 9.59 Å². The molecule has 4 rings (SSSR count). The number of hydrogen-bond donors (Lipinski definition) is 0. The first-order chi connectivity index (χ1) is 15.1. The molecule has 3 aromatic carbocycles. The smallest absolute Gasteiger partial charge is 0.310 e. The van der Waals surface area contributed by atoms with Crippen molar-refractivity contribution in [3.05, 3.63) is 91.0 Å². The van der Waals surface area contributed by atoms with Gasteiger partial charge in [0, 0.05) is 5.92 Å². The summed E-state index contributed by atoms with van der Waals surface area (Å²) in [6.45, 7) is 0. The molecule has 5 heteroatoms. The monoisotopic (exact) mass is 433 g/mol. The quantitative estimate of drug-likeness (QED) is 0.424. The van der Waals surface area contributed by atoms with Crippen LogP contribution in [0.1, 0.15) is 0 Å². The van der Waals surface area contributed by atoms with E-state index in [1.807, 2.05) is 18.2 Å². The van der Waals surface area contributed by atoms with Crippen molar-refractivity contribution in [1.82, 2.24) is 0 Å². The van der Waals surface area contributed by atoms with E-state index in [1.54, 1.807) is 0 Å². The van der Waals surface area contributed by atoms with Gasteiger partial charge in [-0.15, -0.1) is 0 Å². The fraction of sp³-hybridized carbons (Fsp3) is 0.231. The van der Waals surface area contributed by atoms with Crippen LogP contribution in [0.25, 0.3) is 0 Å². The van der Waals surface area contributed by atoms with Crippen LogP contribution in [0.15, 0.2) is 91.0 Å². The van der Waals surface area contributed by atoms with Crippen molar-refractivity contribution in [2.75, 3.05) is 20.4 Å². The summed E-state index contributed by atoms with van der Waals surface area (Å²) < 4.78 is 10.1. The van der Waals surface area contributed by atoms with E-state index in [0.717, 1.165) is 0 Å². The maximum atomic E-state index is 12.5. The van der Waals surface area contributed by atoms with Crippen LogP contribution in [0.5, 0.6) is 0 Å². The van der Waals surface area contributed by atoms with Crippen molar-refractivity contribution >= 4 is 35.1 Å². The summed E-state index contributed by atoms with van der Waals surface area (Å²) in [4.78, 5) is 25.0. The molecule has 2 atom stereocenters. The highest BCUT2D eigenvalue weighted by atomic mass is 31.2. The Hall–Kier alpha value is -2.97.